The predicted molar refractivity (Wildman–Crippen MR) is 78.1 cm³/mol. The number of carbonyl (C=O) groups is 1. The average Bonchev–Trinajstić information content (AvgIpc) is 3.20. The molecule has 20 heavy (non-hydrogen) atoms. The third kappa shape index (κ3) is 3.97. The number of aliphatic carboxylic acids is 1. The van der Waals surface area contributed by atoms with Gasteiger partial charge < -0.3 is 9.84 Å². The molecule has 2 rings (SSSR count). The third-order valence-electron chi connectivity index (χ3n) is 3.74. The molecule has 1 atom stereocenters. The lowest BCUT2D eigenvalue weighted by Gasteiger charge is -2.26. The van der Waals surface area contributed by atoms with Crippen molar-refractivity contribution in [1.82, 2.24) is 5.32 Å². The van der Waals surface area contributed by atoms with E-state index in [1.165, 1.54) is 0 Å². The summed E-state index contributed by atoms with van der Waals surface area (Å²) in [5.41, 5.74) is 0.264. The number of carboxylic acids is 1. The lowest BCUT2D eigenvalue weighted by atomic mass is 9.96. The number of aryl methyl sites for hydroxylation is 1. The van der Waals surface area contributed by atoms with Crippen LogP contribution in [0.4, 0.5) is 0 Å². The number of hydrogen-bond donors (Lipinski definition) is 2. The quantitative estimate of drug-likeness (QED) is 0.717. The largest absolute Gasteiger partial charge is 0.493 e. The van der Waals surface area contributed by atoms with Crippen LogP contribution in [-0.4, -0.2) is 29.3 Å². The Morgan fingerprint density at radius 2 is 2.15 bits per heavy atom. The van der Waals surface area contributed by atoms with Gasteiger partial charge in [0, 0.05) is 6.04 Å². The highest BCUT2D eigenvalue weighted by Crippen LogP contribution is 2.25. The number of ether oxygens (including phenoxy) is 1. The van der Waals surface area contributed by atoms with E-state index in [2.05, 4.69) is 5.32 Å². The minimum atomic E-state index is -0.837. The van der Waals surface area contributed by atoms with E-state index in [1.54, 1.807) is 6.92 Å². The first kappa shape index (κ1) is 14.9. The number of hydrogen-bond acceptors (Lipinski definition) is 3. The molecule has 0 aromatic heterocycles. The molecule has 0 radical (unpaired) electrons. The van der Waals surface area contributed by atoms with Gasteiger partial charge in [-0.1, -0.05) is 18.2 Å². The second-order valence-corrected chi connectivity index (χ2v) is 5.77. The molecule has 1 aliphatic rings. The molecule has 0 aliphatic heterocycles. The van der Waals surface area contributed by atoms with Gasteiger partial charge in [-0.3, -0.25) is 10.1 Å². The molecule has 0 amide bonds. The van der Waals surface area contributed by atoms with Gasteiger partial charge in [0.2, 0.25) is 0 Å². The maximum Gasteiger partial charge on any atom is 0.323 e. The van der Waals surface area contributed by atoms with E-state index in [-0.39, 0.29) is 0 Å². The van der Waals surface area contributed by atoms with E-state index in [0.717, 1.165) is 30.6 Å². The van der Waals surface area contributed by atoms with Crippen molar-refractivity contribution in [3.8, 4) is 5.75 Å². The normalized spacial score (nSPS) is 17.5. The van der Waals surface area contributed by atoms with Gasteiger partial charge >= 0.3 is 5.97 Å². The molecular weight excluding hydrogens is 254 g/mol. The molecule has 0 spiro atoms. The summed E-state index contributed by atoms with van der Waals surface area (Å²) in [5.74, 6) is 0.0972. The number of para-hydroxylation sites is 1. The highest BCUT2D eigenvalue weighted by atomic mass is 16.5. The summed E-state index contributed by atoms with van der Waals surface area (Å²) in [4.78, 5) is 11.4. The zero-order chi connectivity index (χ0) is 14.6. The van der Waals surface area contributed by atoms with Crippen molar-refractivity contribution < 1.29 is 14.6 Å². The van der Waals surface area contributed by atoms with Gasteiger partial charge in [0.15, 0.2) is 0 Å². The molecule has 2 N–H and O–H groups in total. The van der Waals surface area contributed by atoms with Gasteiger partial charge in [-0.05, 0) is 51.2 Å². The molecule has 4 nitrogen and oxygen atoms in total. The van der Waals surface area contributed by atoms with Gasteiger partial charge in [0.25, 0.3) is 0 Å². The highest BCUT2D eigenvalue weighted by Gasteiger charge is 2.37. The zero-order valence-electron chi connectivity index (χ0n) is 12.2. The van der Waals surface area contributed by atoms with Crippen molar-refractivity contribution in [3.05, 3.63) is 29.8 Å². The summed E-state index contributed by atoms with van der Waals surface area (Å²) in [5, 5.41) is 12.6. The van der Waals surface area contributed by atoms with Gasteiger partial charge in [0.1, 0.15) is 11.3 Å². The van der Waals surface area contributed by atoms with Crippen molar-refractivity contribution >= 4 is 5.97 Å². The van der Waals surface area contributed by atoms with Crippen LogP contribution in [0.1, 0.15) is 38.2 Å². The molecule has 1 aromatic carbocycles. The van der Waals surface area contributed by atoms with Gasteiger partial charge in [0.05, 0.1) is 6.61 Å². The Kier molecular flexibility index (Phi) is 4.65. The third-order valence-corrected chi connectivity index (χ3v) is 3.74. The summed E-state index contributed by atoms with van der Waals surface area (Å²) in [7, 11) is 0. The number of benzene rings is 1. The van der Waals surface area contributed by atoms with Crippen LogP contribution in [0.15, 0.2) is 24.3 Å². The molecular formula is C16H23NO3. The SMILES string of the molecule is Cc1ccccc1OCCCC(C)(NC1CC1)C(=O)O. The molecule has 0 saturated heterocycles. The zero-order valence-corrected chi connectivity index (χ0v) is 12.2. The van der Waals surface area contributed by atoms with Crippen LogP contribution in [-0.2, 0) is 4.79 Å². The fourth-order valence-corrected chi connectivity index (χ4v) is 2.25. The monoisotopic (exact) mass is 277 g/mol. The van der Waals surface area contributed by atoms with E-state index in [9.17, 15) is 9.90 Å². The van der Waals surface area contributed by atoms with Gasteiger partial charge in [-0.2, -0.15) is 0 Å². The Morgan fingerprint density at radius 3 is 2.75 bits per heavy atom. The Hall–Kier alpha value is -1.55. The first-order chi connectivity index (χ1) is 9.51. The molecule has 1 saturated carbocycles. The van der Waals surface area contributed by atoms with E-state index >= 15 is 0 Å². The van der Waals surface area contributed by atoms with E-state index < -0.39 is 11.5 Å². The first-order valence-corrected chi connectivity index (χ1v) is 7.21. The van der Waals surface area contributed by atoms with Crippen LogP contribution in [0.3, 0.4) is 0 Å². The lowest BCUT2D eigenvalue weighted by molar-refractivity contribution is -0.144. The lowest BCUT2D eigenvalue weighted by Crippen LogP contribution is -2.50. The summed E-state index contributed by atoms with van der Waals surface area (Å²) in [6.07, 6.45) is 3.47. The molecule has 4 heteroatoms. The Morgan fingerprint density at radius 1 is 1.45 bits per heavy atom. The van der Waals surface area contributed by atoms with Crippen molar-refractivity contribution in [2.75, 3.05) is 6.61 Å². The molecule has 0 heterocycles. The van der Waals surface area contributed by atoms with Crippen molar-refractivity contribution in [2.45, 2.75) is 51.1 Å². The van der Waals surface area contributed by atoms with Gasteiger partial charge in [-0.25, -0.2) is 0 Å². The maximum absolute atomic E-state index is 11.4. The van der Waals surface area contributed by atoms with Crippen LogP contribution >= 0.6 is 0 Å². The maximum atomic E-state index is 11.4. The van der Waals surface area contributed by atoms with E-state index in [4.69, 9.17) is 4.74 Å². The number of carboxylic acid groups (broad SMARTS) is 1. The van der Waals surface area contributed by atoms with E-state index in [0.29, 0.717) is 19.1 Å². The fourth-order valence-electron chi connectivity index (χ4n) is 2.25. The molecule has 1 fully saturated rings. The molecule has 1 aliphatic carbocycles. The van der Waals surface area contributed by atoms with Gasteiger partial charge in [-0.15, -0.1) is 0 Å². The van der Waals surface area contributed by atoms with Crippen molar-refractivity contribution in [2.24, 2.45) is 0 Å². The van der Waals surface area contributed by atoms with Crippen LogP contribution in [0.2, 0.25) is 0 Å². The van der Waals surface area contributed by atoms with Crippen LogP contribution in [0.25, 0.3) is 0 Å². The summed E-state index contributed by atoms with van der Waals surface area (Å²) >= 11 is 0. The number of nitrogens with one attached hydrogen (secondary N) is 1. The molecule has 110 valence electrons. The highest BCUT2D eigenvalue weighted by molar-refractivity contribution is 5.78. The van der Waals surface area contributed by atoms with Crippen molar-refractivity contribution in [3.63, 3.8) is 0 Å². The van der Waals surface area contributed by atoms with Crippen LogP contribution in [0, 0.1) is 6.92 Å². The minimum Gasteiger partial charge on any atom is -0.493 e. The first-order valence-electron chi connectivity index (χ1n) is 7.21. The number of rotatable bonds is 8. The molecule has 1 aromatic rings. The average molecular weight is 277 g/mol. The minimum absolute atomic E-state index is 0.383. The predicted octanol–water partition coefficient (Wildman–Crippen LogP) is 2.75. The summed E-state index contributed by atoms with van der Waals surface area (Å²) < 4.78 is 5.71. The Balaban J connectivity index is 1.78. The summed E-state index contributed by atoms with van der Waals surface area (Å²) in [6.45, 7) is 4.31. The topological polar surface area (TPSA) is 58.6 Å². The second-order valence-electron chi connectivity index (χ2n) is 5.77. The summed E-state index contributed by atoms with van der Waals surface area (Å²) in [6, 6.07) is 8.24. The standard InChI is InChI=1S/C16H23NO3/c1-12-6-3-4-7-14(12)20-11-5-10-16(2,15(18)19)17-13-8-9-13/h3-4,6-7,13,17H,5,8-11H2,1-2H3,(H,18,19). The van der Waals surface area contributed by atoms with Crippen molar-refractivity contribution in [1.29, 1.82) is 0 Å². The Bertz CT molecular complexity index is 471. The van der Waals surface area contributed by atoms with Crippen LogP contribution in [0.5, 0.6) is 5.75 Å². The molecule has 1 unspecified atom stereocenters. The molecule has 0 bridgehead atoms. The smallest absolute Gasteiger partial charge is 0.323 e. The van der Waals surface area contributed by atoms with E-state index in [1.807, 2.05) is 31.2 Å². The second kappa shape index (κ2) is 6.27. The fraction of sp³-hybridized carbons (Fsp3) is 0.562. The Labute approximate surface area is 120 Å². The van der Waals surface area contributed by atoms with Crippen LogP contribution < -0.4 is 10.1 Å².